The van der Waals surface area contributed by atoms with Crippen molar-refractivity contribution in [1.82, 2.24) is 15.0 Å². The van der Waals surface area contributed by atoms with Crippen LogP contribution >= 0.6 is 0 Å². The Morgan fingerprint density at radius 3 is 3.00 bits per heavy atom. The SMILES string of the molecule is Cc1nc2ccc(CCCC(=O)N(C)N)cc2[nH]1. The average molecular weight is 246 g/mol. The zero-order valence-corrected chi connectivity index (χ0v) is 10.7. The summed E-state index contributed by atoms with van der Waals surface area (Å²) in [6.45, 7) is 1.94. The molecule has 0 saturated carbocycles. The van der Waals surface area contributed by atoms with E-state index in [9.17, 15) is 4.79 Å². The maximum Gasteiger partial charge on any atom is 0.236 e. The Morgan fingerprint density at radius 2 is 2.28 bits per heavy atom. The summed E-state index contributed by atoms with van der Waals surface area (Å²) in [4.78, 5) is 18.9. The number of imidazole rings is 1. The molecule has 1 aromatic heterocycles. The largest absolute Gasteiger partial charge is 0.342 e. The summed E-state index contributed by atoms with van der Waals surface area (Å²) < 4.78 is 0. The van der Waals surface area contributed by atoms with Gasteiger partial charge < -0.3 is 4.98 Å². The van der Waals surface area contributed by atoms with E-state index in [1.165, 1.54) is 5.56 Å². The summed E-state index contributed by atoms with van der Waals surface area (Å²) in [6, 6.07) is 6.15. The first kappa shape index (κ1) is 12.6. The predicted molar refractivity (Wildman–Crippen MR) is 70.7 cm³/mol. The van der Waals surface area contributed by atoms with Gasteiger partial charge in [0.2, 0.25) is 5.91 Å². The van der Waals surface area contributed by atoms with Crippen LogP contribution in [0.15, 0.2) is 18.2 Å². The number of fused-ring (bicyclic) bond motifs is 1. The third kappa shape index (κ3) is 2.87. The smallest absolute Gasteiger partial charge is 0.236 e. The molecule has 0 aliphatic carbocycles. The van der Waals surface area contributed by atoms with Crippen molar-refractivity contribution in [3.63, 3.8) is 0 Å². The maximum absolute atomic E-state index is 11.3. The number of carbonyl (C=O) groups is 1. The Labute approximate surface area is 106 Å². The molecule has 2 aromatic rings. The molecule has 18 heavy (non-hydrogen) atoms. The molecule has 0 atom stereocenters. The summed E-state index contributed by atoms with van der Waals surface area (Å²) in [6.07, 6.45) is 2.15. The molecule has 0 unspecified atom stereocenters. The van der Waals surface area contributed by atoms with Crippen LogP contribution in [0, 0.1) is 6.92 Å². The summed E-state index contributed by atoms with van der Waals surface area (Å²) in [5, 5.41) is 1.14. The summed E-state index contributed by atoms with van der Waals surface area (Å²) in [5.74, 6) is 6.25. The highest BCUT2D eigenvalue weighted by molar-refractivity contribution is 5.76. The van der Waals surface area contributed by atoms with Gasteiger partial charge >= 0.3 is 0 Å². The number of aromatic amines is 1. The number of nitrogens with two attached hydrogens (primary N) is 1. The highest BCUT2D eigenvalue weighted by atomic mass is 16.2. The lowest BCUT2D eigenvalue weighted by molar-refractivity contribution is -0.130. The molecule has 0 radical (unpaired) electrons. The van der Waals surface area contributed by atoms with Crippen LogP contribution < -0.4 is 5.84 Å². The van der Waals surface area contributed by atoms with E-state index in [0.717, 1.165) is 34.7 Å². The van der Waals surface area contributed by atoms with Gasteiger partial charge in [-0.25, -0.2) is 10.8 Å². The lowest BCUT2D eigenvalue weighted by Crippen LogP contribution is -2.32. The van der Waals surface area contributed by atoms with Gasteiger partial charge in [-0.3, -0.25) is 9.80 Å². The number of benzene rings is 1. The molecule has 3 N–H and O–H groups in total. The highest BCUT2D eigenvalue weighted by Crippen LogP contribution is 2.15. The van der Waals surface area contributed by atoms with Crippen LogP contribution in [0.25, 0.3) is 11.0 Å². The summed E-state index contributed by atoms with van der Waals surface area (Å²) >= 11 is 0. The third-order valence-electron chi connectivity index (χ3n) is 2.91. The van der Waals surface area contributed by atoms with Gasteiger partial charge in [0.1, 0.15) is 5.82 Å². The van der Waals surface area contributed by atoms with Crippen molar-refractivity contribution in [1.29, 1.82) is 0 Å². The van der Waals surface area contributed by atoms with Crippen molar-refractivity contribution >= 4 is 16.9 Å². The molecule has 5 heteroatoms. The van der Waals surface area contributed by atoms with Crippen molar-refractivity contribution in [3.8, 4) is 0 Å². The molecule has 0 spiro atoms. The Morgan fingerprint density at radius 1 is 1.50 bits per heavy atom. The standard InChI is InChI=1S/C13H18N4O/c1-9-15-11-7-6-10(8-12(11)16-9)4-3-5-13(18)17(2)14/h6-8H,3-5,14H2,1-2H3,(H,15,16). The first-order chi connectivity index (χ1) is 8.56. The van der Waals surface area contributed by atoms with E-state index in [-0.39, 0.29) is 5.91 Å². The number of H-pyrrole nitrogens is 1. The van der Waals surface area contributed by atoms with Gasteiger partial charge in [-0.05, 0) is 37.5 Å². The number of hydrazine groups is 1. The van der Waals surface area contributed by atoms with Gasteiger partial charge in [0.05, 0.1) is 11.0 Å². The van der Waals surface area contributed by atoms with Crippen molar-refractivity contribution in [3.05, 3.63) is 29.6 Å². The minimum Gasteiger partial charge on any atom is -0.342 e. The van der Waals surface area contributed by atoms with Crippen molar-refractivity contribution in [2.24, 2.45) is 5.84 Å². The topological polar surface area (TPSA) is 75.0 Å². The number of rotatable bonds is 4. The highest BCUT2D eigenvalue weighted by Gasteiger charge is 2.05. The third-order valence-corrected chi connectivity index (χ3v) is 2.91. The molecule has 1 heterocycles. The fraction of sp³-hybridized carbons (Fsp3) is 0.385. The van der Waals surface area contributed by atoms with Crippen LogP contribution in [0.5, 0.6) is 0 Å². The summed E-state index contributed by atoms with van der Waals surface area (Å²) in [5.41, 5.74) is 3.24. The number of aromatic nitrogens is 2. The molecule has 1 aromatic carbocycles. The van der Waals surface area contributed by atoms with Crippen molar-refractivity contribution < 1.29 is 4.79 Å². The van der Waals surface area contributed by atoms with E-state index >= 15 is 0 Å². The fourth-order valence-electron chi connectivity index (χ4n) is 1.96. The van der Waals surface area contributed by atoms with E-state index in [4.69, 9.17) is 5.84 Å². The van der Waals surface area contributed by atoms with Gasteiger partial charge in [0.15, 0.2) is 0 Å². The monoisotopic (exact) mass is 246 g/mol. The Bertz CT molecular complexity index is 559. The van der Waals surface area contributed by atoms with Crippen LogP contribution in [0.2, 0.25) is 0 Å². The normalized spacial score (nSPS) is 10.8. The van der Waals surface area contributed by atoms with E-state index in [0.29, 0.717) is 6.42 Å². The number of amides is 1. The van der Waals surface area contributed by atoms with Crippen LogP contribution in [0.4, 0.5) is 0 Å². The predicted octanol–water partition coefficient (Wildman–Crippen LogP) is 1.53. The number of hydrogen-bond donors (Lipinski definition) is 2. The lowest BCUT2D eigenvalue weighted by atomic mass is 10.1. The molecule has 0 aliphatic rings. The van der Waals surface area contributed by atoms with E-state index in [1.807, 2.05) is 13.0 Å². The Hall–Kier alpha value is -1.88. The van der Waals surface area contributed by atoms with Crippen LogP contribution in [-0.2, 0) is 11.2 Å². The Balaban J connectivity index is 1.97. The first-order valence-corrected chi connectivity index (χ1v) is 6.03. The molecular formula is C13H18N4O. The zero-order chi connectivity index (χ0) is 13.1. The van der Waals surface area contributed by atoms with E-state index < -0.39 is 0 Å². The second kappa shape index (κ2) is 5.18. The second-order valence-electron chi connectivity index (χ2n) is 4.53. The number of nitrogens with zero attached hydrogens (tertiary/aromatic N) is 2. The molecular weight excluding hydrogens is 228 g/mol. The van der Waals surface area contributed by atoms with Gasteiger partial charge in [-0.1, -0.05) is 6.07 Å². The fourth-order valence-corrected chi connectivity index (χ4v) is 1.96. The van der Waals surface area contributed by atoms with Crippen LogP contribution in [0.3, 0.4) is 0 Å². The maximum atomic E-state index is 11.3. The molecule has 1 amide bonds. The van der Waals surface area contributed by atoms with Crippen LogP contribution in [0.1, 0.15) is 24.2 Å². The molecule has 0 aliphatic heterocycles. The minimum absolute atomic E-state index is 0.0338. The Kier molecular flexibility index (Phi) is 3.62. The van der Waals surface area contributed by atoms with E-state index in [2.05, 4.69) is 22.1 Å². The van der Waals surface area contributed by atoms with E-state index in [1.54, 1.807) is 7.05 Å². The van der Waals surface area contributed by atoms with Crippen molar-refractivity contribution in [2.45, 2.75) is 26.2 Å². The molecule has 2 rings (SSSR count). The molecule has 5 nitrogen and oxygen atoms in total. The molecule has 96 valence electrons. The molecule has 0 fully saturated rings. The summed E-state index contributed by atoms with van der Waals surface area (Å²) in [7, 11) is 1.57. The first-order valence-electron chi connectivity index (χ1n) is 6.03. The van der Waals surface area contributed by atoms with Crippen LogP contribution in [-0.4, -0.2) is 27.9 Å². The molecule has 0 saturated heterocycles. The van der Waals surface area contributed by atoms with Gasteiger partial charge in [0, 0.05) is 13.5 Å². The number of nitrogens with one attached hydrogen (secondary N) is 1. The number of carbonyl (C=O) groups excluding carboxylic acids is 1. The minimum atomic E-state index is -0.0338. The number of hydrogen-bond acceptors (Lipinski definition) is 3. The zero-order valence-electron chi connectivity index (χ0n) is 10.7. The number of aryl methyl sites for hydroxylation is 2. The lowest BCUT2D eigenvalue weighted by Gasteiger charge is -2.09. The second-order valence-corrected chi connectivity index (χ2v) is 4.53. The average Bonchev–Trinajstić information content (AvgIpc) is 2.68. The molecule has 0 bridgehead atoms. The van der Waals surface area contributed by atoms with Gasteiger partial charge in [-0.2, -0.15) is 0 Å². The van der Waals surface area contributed by atoms with Crippen molar-refractivity contribution in [2.75, 3.05) is 7.05 Å². The quantitative estimate of drug-likeness (QED) is 0.488. The van der Waals surface area contributed by atoms with Gasteiger partial charge in [-0.15, -0.1) is 0 Å². The van der Waals surface area contributed by atoms with Gasteiger partial charge in [0.25, 0.3) is 0 Å².